The molecular formula is C34H25ClO6P+. The van der Waals surface area contributed by atoms with Gasteiger partial charge in [0, 0.05) is 11.1 Å². The number of carbonyl (C=O) groups excluding carboxylic acids is 2. The number of ketones is 1. The summed E-state index contributed by atoms with van der Waals surface area (Å²) < 4.78 is 31.5. The molecule has 0 aliphatic rings. The van der Waals surface area contributed by atoms with E-state index in [0.29, 0.717) is 17.1 Å². The molecule has 8 heteroatoms. The van der Waals surface area contributed by atoms with Gasteiger partial charge in [0.2, 0.25) is 5.30 Å². The Bertz CT molecular complexity index is 1700. The summed E-state index contributed by atoms with van der Waals surface area (Å²) in [5, 5.41) is 0.194. The summed E-state index contributed by atoms with van der Waals surface area (Å²) in [6.07, 6.45) is -0.995. The lowest BCUT2D eigenvalue weighted by molar-refractivity contribution is 0.00324. The zero-order valence-corrected chi connectivity index (χ0v) is 24.1. The molecule has 0 saturated heterocycles. The largest absolute Gasteiger partial charge is 0.496 e. The average Bonchev–Trinajstić information content (AvgIpc) is 3.04. The van der Waals surface area contributed by atoms with E-state index in [0.717, 1.165) is 0 Å². The molecule has 0 radical (unpaired) electrons. The quantitative estimate of drug-likeness (QED) is 0.0874. The van der Waals surface area contributed by atoms with Crippen molar-refractivity contribution in [3.05, 3.63) is 155 Å². The van der Waals surface area contributed by atoms with E-state index in [1.54, 1.807) is 78.9 Å². The van der Waals surface area contributed by atoms with Gasteiger partial charge in [-0.05, 0) is 48.5 Å². The second-order valence-electron chi connectivity index (χ2n) is 9.04. The van der Waals surface area contributed by atoms with E-state index in [-0.39, 0.29) is 32.8 Å². The van der Waals surface area contributed by atoms with Crippen LogP contribution in [-0.2, 0) is 4.57 Å². The number of benzene rings is 5. The third kappa shape index (κ3) is 6.26. The van der Waals surface area contributed by atoms with Crippen molar-refractivity contribution in [1.82, 2.24) is 0 Å². The van der Waals surface area contributed by atoms with Crippen LogP contribution in [0.4, 0.5) is 0 Å². The molecule has 1 unspecified atom stereocenters. The summed E-state index contributed by atoms with van der Waals surface area (Å²) in [6.45, 7) is 0. The van der Waals surface area contributed by atoms with Crippen LogP contribution < -0.4 is 19.5 Å². The molecule has 0 spiro atoms. The Morgan fingerprint density at radius 3 is 1.83 bits per heavy atom. The Morgan fingerprint density at radius 2 is 1.21 bits per heavy atom. The van der Waals surface area contributed by atoms with Gasteiger partial charge in [-0.15, -0.1) is 0 Å². The molecule has 5 rings (SSSR count). The predicted molar refractivity (Wildman–Crippen MR) is 163 cm³/mol. The van der Waals surface area contributed by atoms with Crippen LogP contribution in [0.25, 0.3) is 0 Å². The summed E-state index contributed by atoms with van der Waals surface area (Å²) in [5.41, 5.74) is 0.104. The molecule has 0 bridgehead atoms. The van der Waals surface area contributed by atoms with Crippen LogP contribution >= 0.6 is 19.4 Å². The maximum atomic E-state index is 14.1. The topological polar surface area (TPSA) is 78.9 Å². The lowest BCUT2D eigenvalue weighted by Crippen LogP contribution is -2.21. The first-order valence-electron chi connectivity index (χ1n) is 13.0. The van der Waals surface area contributed by atoms with Gasteiger partial charge >= 0.3 is 13.3 Å². The molecule has 0 N–H and O–H groups in total. The molecular weight excluding hydrogens is 571 g/mol. The van der Waals surface area contributed by atoms with E-state index < -0.39 is 25.4 Å². The number of methoxy groups -OCH3 is 1. The van der Waals surface area contributed by atoms with Gasteiger partial charge in [-0.25, -0.2) is 4.79 Å². The average molecular weight is 596 g/mol. The lowest BCUT2D eigenvalue weighted by Gasteiger charge is -2.23. The third-order valence-corrected chi connectivity index (χ3v) is 8.13. The Kier molecular flexibility index (Phi) is 9.08. The highest BCUT2D eigenvalue weighted by molar-refractivity contribution is 7.71. The molecule has 1 atom stereocenters. The summed E-state index contributed by atoms with van der Waals surface area (Å²) in [7, 11) is -1.34. The van der Waals surface area contributed by atoms with Crippen molar-refractivity contribution in [2.24, 2.45) is 0 Å². The predicted octanol–water partition coefficient (Wildman–Crippen LogP) is 8.03. The van der Waals surface area contributed by atoms with Crippen LogP contribution in [0.2, 0.25) is 5.02 Å². The van der Waals surface area contributed by atoms with Crippen molar-refractivity contribution in [2.45, 2.75) is 6.29 Å². The number of halogens is 1. The number of para-hydroxylation sites is 2. The summed E-state index contributed by atoms with van der Waals surface area (Å²) in [5.74, 6) is 0.845. The first-order valence-corrected chi connectivity index (χ1v) is 14.6. The Morgan fingerprint density at radius 1 is 0.667 bits per heavy atom. The number of hydrogen-bond donors (Lipinski definition) is 0. The van der Waals surface area contributed by atoms with Crippen molar-refractivity contribution < 1.29 is 28.4 Å². The summed E-state index contributed by atoms with van der Waals surface area (Å²) in [6, 6.07) is 36.2. The molecule has 0 fully saturated rings. The van der Waals surface area contributed by atoms with Gasteiger partial charge in [-0.3, -0.25) is 4.79 Å². The fraction of sp³-hybridized carbons (Fsp3) is 0.0588. The SMILES string of the molecule is COc1cccc(Cl)c1C(=O)[P+](=O)c1ccccc1C(=O)c1ccccc1C(Oc1ccccc1)Oc1ccccc1. The molecule has 0 aliphatic carbocycles. The first-order chi connectivity index (χ1) is 20.5. The normalized spacial score (nSPS) is 11.1. The van der Waals surface area contributed by atoms with Crippen LogP contribution in [0.5, 0.6) is 17.2 Å². The number of rotatable bonds is 11. The van der Waals surface area contributed by atoms with Crippen molar-refractivity contribution in [2.75, 3.05) is 7.11 Å². The van der Waals surface area contributed by atoms with Crippen molar-refractivity contribution in [1.29, 1.82) is 0 Å². The standard InChI is InChI=1S/C34H25ClO6P/c1-39-29-21-12-20-28(35)31(29)33(37)42(38)30-22-11-10-19-27(30)32(36)25-17-8-9-18-26(25)34(40-23-13-4-2-5-14-23)41-24-15-6-3-7-16-24/h2-22,34H,1H3/q+1. The van der Waals surface area contributed by atoms with Crippen LogP contribution in [-0.4, -0.2) is 18.4 Å². The van der Waals surface area contributed by atoms with Crippen LogP contribution in [0.1, 0.15) is 38.1 Å². The highest BCUT2D eigenvalue weighted by Crippen LogP contribution is 2.37. The van der Waals surface area contributed by atoms with Gasteiger partial charge in [0.05, 0.1) is 17.7 Å². The number of carbonyl (C=O) groups is 2. The van der Waals surface area contributed by atoms with Crippen molar-refractivity contribution in [3.8, 4) is 17.2 Å². The van der Waals surface area contributed by atoms with E-state index in [2.05, 4.69) is 0 Å². The van der Waals surface area contributed by atoms with E-state index >= 15 is 0 Å². The minimum Gasteiger partial charge on any atom is -0.496 e. The van der Waals surface area contributed by atoms with Crippen molar-refractivity contribution in [3.63, 3.8) is 0 Å². The van der Waals surface area contributed by atoms with Gasteiger partial charge in [-0.2, -0.15) is 0 Å². The smallest absolute Gasteiger partial charge is 0.459 e. The minimum atomic E-state index is -2.74. The monoisotopic (exact) mass is 595 g/mol. The van der Waals surface area contributed by atoms with Gasteiger partial charge < -0.3 is 14.2 Å². The minimum absolute atomic E-state index is 0.00184. The van der Waals surface area contributed by atoms with Gasteiger partial charge in [0.25, 0.3) is 6.29 Å². The zero-order chi connectivity index (χ0) is 29.5. The maximum absolute atomic E-state index is 14.1. The van der Waals surface area contributed by atoms with E-state index in [9.17, 15) is 14.2 Å². The maximum Gasteiger partial charge on any atom is 0.459 e. The van der Waals surface area contributed by atoms with Gasteiger partial charge in [-0.1, -0.05) is 95.0 Å². The third-order valence-electron chi connectivity index (χ3n) is 6.39. The molecule has 42 heavy (non-hydrogen) atoms. The Balaban J connectivity index is 1.54. The highest BCUT2D eigenvalue weighted by atomic mass is 35.5. The first kappa shape index (κ1) is 28.7. The molecule has 208 valence electrons. The molecule has 5 aromatic carbocycles. The highest BCUT2D eigenvalue weighted by Gasteiger charge is 2.40. The Hall–Kier alpha value is -4.77. The molecule has 5 aromatic rings. The van der Waals surface area contributed by atoms with Crippen LogP contribution in [0.3, 0.4) is 0 Å². The number of hydrogen-bond acceptors (Lipinski definition) is 6. The van der Waals surface area contributed by atoms with Crippen LogP contribution in [0.15, 0.2) is 127 Å². The zero-order valence-electron chi connectivity index (χ0n) is 22.5. The second kappa shape index (κ2) is 13.3. The van der Waals surface area contributed by atoms with E-state index in [1.807, 2.05) is 36.4 Å². The van der Waals surface area contributed by atoms with Crippen molar-refractivity contribution >= 4 is 36.0 Å². The molecule has 0 heterocycles. The summed E-state index contributed by atoms with van der Waals surface area (Å²) in [4.78, 5) is 27.6. The molecule has 6 nitrogen and oxygen atoms in total. The van der Waals surface area contributed by atoms with Crippen LogP contribution in [0, 0.1) is 0 Å². The Labute approximate surface area is 249 Å². The lowest BCUT2D eigenvalue weighted by atomic mass is 9.98. The fourth-order valence-corrected chi connectivity index (χ4v) is 5.97. The van der Waals surface area contributed by atoms with E-state index in [1.165, 1.54) is 19.2 Å². The molecule has 0 amide bonds. The molecule has 0 saturated carbocycles. The van der Waals surface area contributed by atoms with Gasteiger partial charge in [0.15, 0.2) is 5.78 Å². The number of ether oxygens (including phenoxy) is 3. The molecule has 0 aliphatic heterocycles. The van der Waals surface area contributed by atoms with Gasteiger partial charge in [0.1, 0.15) is 22.8 Å². The van der Waals surface area contributed by atoms with E-state index in [4.69, 9.17) is 25.8 Å². The summed E-state index contributed by atoms with van der Waals surface area (Å²) >= 11 is 6.30. The fourth-order valence-electron chi connectivity index (χ4n) is 4.39. The second-order valence-corrected chi connectivity index (χ2v) is 10.9. The molecule has 0 aromatic heterocycles.